The van der Waals surface area contributed by atoms with Crippen molar-refractivity contribution in [3.8, 4) is 0 Å². The SMILES string of the molecule is CC.Cc1cc(Cl)ccc1CCNC(=O)C(F)(F)F. The van der Waals surface area contributed by atoms with Crippen LogP contribution in [0.15, 0.2) is 18.2 Å². The monoisotopic (exact) mass is 295 g/mol. The van der Waals surface area contributed by atoms with Crippen molar-refractivity contribution in [2.75, 3.05) is 6.54 Å². The van der Waals surface area contributed by atoms with Crippen LogP contribution in [0.1, 0.15) is 25.0 Å². The molecule has 0 aliphatic heterocycles. The number of hydrogen-bond donors (Lipinski definition) is 1. The number of hydrogen-bond acceptors (Lipinski definition) is 1. The number of carbonyl (C=O) groups excluding carboxylic acids is 1. The summed E-state index contributed by atoms with van der Waals surface area (Å²) < 4.78 is 35.6. The molecule has 0 aliphatic rings. The first kappa shape index (κ1) is 17.8. The lowest BCUT2D eigenvalue weighted by molar-refractivity contribution is -0.173. The fourth-order valence-corrected chi connectivity index (χ4v) is 1.58. The van der Waals surface area contributed by atoms with Gasteiger partial charge < -0.3 is 5.32 Å². The number of amides is 1. The number of halogens is 4. The topological polar surface area (TPSA) is 29.1 Å². The first-order valence-electron chi connectivity index (χ1n) is 5.91. The molecule has 0 bridgehead atoms. The lowest BCUT2D eigenvalue weighted by atomic mass is 10.1. The Kier molecular flexibility index (Phi) is 7.52. The first-order valence-corrected chi connectivity index (χ1v) is 6.28. The molecule has 1 amide bonds. The molecule has 0 saturated heterocycles. The molecule has 6 heteroatoms. The zero-order valence-corrected chi connectivity index (χ0v) is 11.8. The predicted octanol–water partition coefficient (Wildman–Crippen LogP) is 3.90. The second-order valence-electron chi connectivity index (χ2n) is 3.57. The van der Waals surface area contributed by atoms with E-state index in [-0.39, 0.29) is 6.54 Å². The maximum absolute atomic E-state index is 11.9. The van der Waals surface area contributed by atoms with Crippen molar-refractivity contribution in [3.05, 3.63) is 34.3 Å². The van der Waals surface area contributed by atoms with E-state index >= 15 is 0 Å². The number of alkyl halides is 3. The average molecular weight is 296 g/mol. The summed E-state index contributed by atoms with van der Waals surface area (Å²) in [5.41, 5.74) is 1.75. The van der Waals surface area contributed by atoms with E-state index in [1.165, 1.54) is 0 Å². The lowest BCUT2D eigenvalue weighted by Crippen LogP contribution is -2.37. The molecule has 0 heterocycles. The minimum absolute atomic E-state index is 0.0547. The molecular weight excluding hydrogens is 279 g/mol. The molecule has 1 aromatic carbocycles. The lowest BCUT2D eigenvalue weighted by Gasteiger charge is -2.09. The molecule has 108 valence electrons. The van der Waals surface area contributed by atoms with Gasteiger partial charge in [0.05, 0.1) is 0 Å². The Morgan fingerprint density at radius 1 is 1.32 bits per heavy atom. The number of benzene rings is 1. The fourth-order valence-electron chi connectivity index (χ4n) is 1.35. The Hall–Kier alpha value is -1.23. The van der Waals surface area contributed by atoms with Crippen LogP contribution in [0.5, 0.6) is 0 Å². The predicted molar refractivity (Wildman–Crippen MR) is 70.3 cm³/mol. The third-order valence-corrected chi connectivity index (χ3v) is 2.48. The van der Waals surface area contributed by atoms with Gasteiger partial charge in [-0.1, -0.05) is 31.5 Å². The molecule has 1 aromatic rings. The van der Waals surface area contributed by atoms with Gasteiger partial charge in [-0.05, 0) is 36.6 Å². The van der Waals surface area contributed by atoms with Gasteiger partial charge in [0.15, 0.2) is 0 Å². The third-order valence-electron chi connectivity index (χ3n) is 2.24. The normalized spacial score (nSPS) is 10.5. The van der Waals surface area contributed by atoms with Gasteiger partial charge >= 0.3 is 12.1 Å². The maximum Gasteiger partial charge on any atom is 0.471 e. The zero-order chi connectivity index (χ0) is 15.1. The van der Waals surface area contributed by atoms with E-state index in [2.05, 4.69) is 0 Å². The van der Waals surface area contributed by atoms with Gasteiger partial charge in [0.25, 0.3) is 0 Å². The number of nitrogens with one attached hydrogen (secondary N) is 1. The zero-order valence-electron chi connectivity index (χ0n) is 11.1. The minimum atomic E-state index is -4.82. The van der Waals surface area contributed by atoms with E-state index in [0.29, 0.717) is 11.4 Å². The Balaban J connectivity index is 0.00000154. The van der Waals surface area contributed by atoms with Gasteiger partial charge in [-0.2, -0.15) is 13.2 Å². The van der Waals surface area contributed by atoms with Crippen molar-refractivity contribution >= 4 is 17.5 Å². The number of rotatable bonds is 3. The molecule has 0 aliphatic carbocycles. The molecule has 0 fully saturated rings. The number of aryl methyl sites for hydroxylation is 1. The molecule has 0 radical (unpaired) electrons. The number of carbonyl (C=O) groups is 1. The van der Waals surface area contributed by atoms with Crippen LogP contribution in [0.2, 0.25) is 5.02 Å². The smallest absolute Gasteiger partial charge is 0.348 e. The Morgan fingerprint density at radius 3 is 2.37 bits per heavy atom. The molecule has 1 rings (SSSR count). The van der Waals surface area contributed by atoms with Gasteiger partial charge in [-0.25, -0.2) is 0 Å². The Morgan fingerprint density at radius 2 is 1.89 bits per heavy atom. The molecule has 0 spiro atoms. The first-order chi connectivity index (χ1) is 8.80. The quantitative estimate of drug-likeness (QED) is 0.900. The molecule has 2 nitrogen and oxygen atoms in total. The van der Waals surface area contributed by atoms with E-state index in [0.717, 1.165) is 11.1 Å². The van der Waals surface area contributed by atoms with Crippen LogP contribution in [0, 0.1) is 6.92 Å². The summed E-state index contributed by atoms with van der Waals surface area (Å²) in [6.45, 7) is 5.76. The van der Waals surface area contributed by atoms with Crippen LogP contribution in [0.25, 0.3) is 0 Å². The highest BCUT2D eigenvalue weighted by atomic mass is 35.5. The second-order valence-corrected chi connectivity index (χ2v) is 4.01. The largest absolute Gasteiger partial charge is 0.471 e. The maximum atomic E-state index is 11.9. The van der Waals surface area contributed by atoms with Crippen LogP contribution in [0.4, 0.5) is 13.2 Å². The van der Waals surface area contributed by atoms with Crippen LogP contribution >= 0.6 is 11.6 Å². The van der Waals surface area contributed by atoms with E-state index in [1.54, 1.807) is 18.2 Å². The van der Waals surface area contributed by atoms with Gasteiger partial charge in [-0.15, -0.1) is 0 Å². The third kappa shape index (κ3) is 6.47. The highest BCUT2D eigenvalue weighted by molar-refractivity contribution is 6.30. The van der Waals surface area contributed by atoms with Crippen molar-refractivity contribution in [2.45, 2.75) is 33.4 Å². The van der Waals surface area contributed by atoms with E-state index in [1.807, 2.05) is 26.1 Å². The van der Waals surface area contributed by atoms with E-state index < -0.39 is 12.1 Å². The van der Waals surface area contributed by atoms with Crippen LogP contribution in [-0.2, 0) is 11.2 Å². The van der Waals surface area contributed by atoms with Gasteiger partial charge in [-0.3, -0.25) is 4.79 Å². The summed E-state index contributed by atoms with van der Waals surface area (Å²) >= 11 is 5.74. The summed E-state index contributed by atoms with van der Waals surface area (Å²) in [7, 11) is 0. The van der Waals surface area contributed by atoms with Gasteiger partial charge in [0, 0.05) is 11.6 Å². The van der Waals surface area contributed by atoms with Crippen LogP contribution in [-0.4, -0.2) is 18.6 Å². The van der Waals surface area contributed by atoms with Crippen LogP contribution < -0.4 is 5.32 Å². The van der Waals surface area contributed by atoms with E-state index in [9.17, 15) is 18.0 Å². The standard InChI is InChI=1S/C11H11ClF3NO.C2H6/c1-7-6-9(12)3-2-8(7)4-5-16-10(17)11(13,14)15;1-2/h2-3,6H,4-5H2,1H3,(H,16,17);1-2H3. The molecule has 1 N–H and O–H groups in total. The van der Waals surface area contributed by atoms with Crippen molar-refractivity contribution in [1.29, 1.82) is 0 Å². The van der Waals surface area contributed by atoms with Crippen LogP contribution in [0.3, 0.4) is 0 Å². The molecule has 0 atom stereocenters. The highest BCUT2D eigenvalue weighted by Crippen LogP contribution is 2.16. The van der Waals surface area contributed by atoms with Crippen molar-refractivity contribution < 1.29 is 18.0 Å². The van der Waals surface area contributed by atoms with Crippen molar-refractivity contribution in [3.63, 3.8) is 0 Å². The van der Waals surface area contributed by atoms with Crippen molar-refractivity contribution in [1.82, 2.24) is 5.32 Å². The molecular formula is C13H17ClF3NO. The fraction of sp³-hybridized carbons (Fsp3) is 0.462. The Bertz CT molecular complexity index is 419. The summed E-state index contributed by atoms with van der Waals surface area (Å²) in [4.78, 5) is 10.5. The summed E-state index contributed by atoms with van der Waals surface area (Å²) in [5.74, 6) is -1.91. The molecule has 19 heavy (non-hydrogen) atoms. The second kappa shape index (κ2) is 8.04. The van der Waals surface area contributed by atoms with Crippen molar-refractivity contribution in [2.24, 2.45) is 0 Å². The summed E-state index contributed by atoms with van der Waals surface area (Å²) in [5, 5.41) is 2.39. The van der Waals surface area contributed by atoms with Gasteiger partial charge in [0.2, 0.25) is 0 Å². The van der Waals surface area contributed by atoms with E-state index in [4.69, 9.17) is 11.6 Å². The average Bonchev–Trinajstić information content (AvgIpc) is 2.33. The summed E-state index contributed by atoms with van der Waals surface area (Å²) in [6, 6.07) is 5.12. The molecule has 0 aromatic heterocycles. The van der Waals surface area contributed by atoms with Gasteiger partial charge in [0.1, 0.15) is 0 Å². The molecule has 0 saturated carbocycles. The Labute approximate surface area is 116 Å². The summed E-state index contributed by atoms with van der Waals surface area (Å²) in [6.07, 6.45) is -4.49. The minimum Gasteiger partial charge on any atom is -0.348 e. The highest BCUT2D eigenvalue weighted by Gasteiger charge is 2.38. The molecule has 0 unspecified atom stereocenters.